The molecule has 0 bridgehead atoms. The molecule has 0 saturated heterocycles. The van der Waals surface area contributed by atoms with E-state index in [0.717, 1.165) is 0 Å². The molecule has 0 radical (unpaired) electrons. The minimum absolute atomic E-state index is 0.0431. The first-order valence-electron chi connectivity index (χ1n) is 7.73. The van der Waals surface area contributed by atoms with Crippen LogP contribution in [0, 0.1) is 0 Å². The molecule has 1 aromatic heterocycles. The third-order valence-corrected chi connectivity index (χ3v) is 5.41. The highest BCUT2D eigenvalue weighted by Gasteiger charge is 2.24. The fraction of sp³-hybridized carbons (Fsp3) is 0.167. The Hall–Kier alpha value is -2.35. The maximum atomic E-state index is 13.1. The van der Waals surface area contributed by atoms with Crippen LogP contribution in [-0.2, 0) is 16.4 Å². The fourth-order valence-corrected chi connectivity index (χ4v) is 3.88. The summed E-state index contributed by atoms with van der Waals surface area (Å²) in [5.74, 6) is 0.620. The number of nitrogens with two attached hydrogens (primary N) is 1. The van der Waals surface area contributed by atoms with Gasteiger partial charge in [0.2, 0.25) is 10.0 Å². The lowest BCUT2D eigenvalue weighted by atomic mass is 9.99. The van der Waals surface area contributed by atoms with Gasteiger partial charge in [-0.25, -0.2) is 13.6 Å². The lowest BCUT2D eigenvalue weighted by molar-refractivity contribution is 0.103. The van der Waals surface area contributed by atoms with E-state index in [1.54, 1.807) is 18.2 Å². The number of hydrogen-bond acceptors (Lipinski definition) is 5. The second-order valence-corrected chi connectivity index (χ2v) is 7.55. The highest BCUT2D eigenvalue weighted by molar-refractivity contribution is 7.89. The molecular formula is C18H16ClNO5S. The molecule has 0 spiro atoms. The maximum absolute atomic E-state index is 13.1. The number of methoxy groups -OCH3 is 1. The molecule has 0 amide bonds. The van der Waals surface area contributed by atoms with Gasteiger partial charge in [-0.3, -0.25) is 4.79 Å². The summed E-state index contributed by atoms with van der Waals surface area (Å²) in [5.41, 5.74) is 0.985. The average Bonchev–Trinajstić information content (AvgIpc) is 2.99. The summed E-state index contributed by atoms with van der Waals surface area (Å²) >= 11 is 5.90. The van der Waals surface area contributed by atoms with Crippen molar-refractivity contribution in [1.82, 2.24) is 0 Å². The number of rotatable bonds is 5. The summed E-state index contributed by atoms with van der Waals surface area (Å²) in [7, 11) is -2.54. The van der Waals surface area contributed by atoms with Gasteiger partial charge in [0.1, 0.15) is 10.7 Å². The molecule has 6 nitrogen and oxygen atoms in total. The zero-order valence-electron chi connectivity index (χ0n) is 14.1. The van der Waals surface area contributed by atoms with Gasteiger partial charge in [0.15, 0.2) is 17.1 Å². The number of para-hydroxylation sites is 1. The molecular weight excluding hydrogens is 378 g/mol. The molecule has 3 rings (SSSR count). The van der Waals surface area contributed by atoms with Gasteiger partial charge in [-0.1, -0.05) is 30.7 Å². The molecule has 2 N–H and O–H groups in total. The topological polar surface area (TPSA) is 99.6 Å². The average molecular weight is 394 g/mol. The Morgan fingerprint density at radius 1 is 1.27 bits per heavy atom. The van der Waals surface area contributed by atoms with Crippen LogP contribution in [-0.4, -0.2) is 21.3 Å². The maximum Gasteiger partial charge on any atom is 0.239 e. The van der Waals surface area contributed by atoms with E-state index >= 15 is 0 Å². The second-order valence-electron chi connectivity index (χ2n) is 5.61. The van der Waals surface area contributed by atoms with Crippen molar-refractivity contribution in [2.75, 3.05) is 7.11 Å². The summed E-state index contributed by atoms with van der Waals surface area (Å²) in [5, 5.41) is 5.72. The van der Waals surface area contributed by atoms with E-state index in [9.17, 15) is 13.2 Å². The number of carbonyl (C=O) groups is 1. The van der Waals surface area contributed by atoms with E-state index in [2.05, 4.69) is 0 Å². The normalized spacial score (nSPS) is 11.7. The Kier molecular flexibility index (Phi) is 4.79. The molecule has 0 aliphatic rings. The van der Waals surface area contributed by atoms with Gasteiger partial charge in [-0.2, -0.15) is 0 Å². The third-order valence-electron chi connectivity index (χ3n) is 4.02. The number of sulfonamides is 1. The molecule has 0 fully saturated rings. The molecule has 0 atom stereocenters. The van der Waals surface area contributed by atoms with Crippen LogP contribution in [0.3, 0.4) is 0 Å². The van der Waals surface area contributed by atoms with Crippen molar-refractivity contribution in [3.8, 4) is 5.75 Å². The Bertz CT molecular complexity index is 1120. The summed E-state index contributed by atoms with van der Waals surface area (Å²) in [4.78, 5) is 12.8. The van der Waals surface area contributed by atoms with Crippen molar-refractivity contribution in [2.45, 2.75) is 18.2 Å². The van der Waals surface area contributed by atoms with Crippen molar-refractivity contribution < 1.29 is 22.4 Å². The van der Waals surface area contributed by atoms with Crippen LogP contribution >= 0.6 is 11.6 Å². The summed E-state index contributed by atoms with van der Waals surface area (Å²) in [6.45, 7) is 1.86. The number of ether oxygens (including phenoxy) is 1. The molecule has 3 aromatic rings. The monoisotopic (exact) mass is 393 g/mol. The summed E-state index contributed by atoms with van der Waals surface area (Å²) in [6, 6.07) is 9.22. The number of halogens is 1. The Morgan fingerprint density at radius 2 is 2.00 bits per heavy atom. The number of benzene rings is 2. The third kappa shape index (κ3) is 3.09. The van der Waals surface area contributed by atoms with Crippen LogP contribution in [0.1, 0.15) is 28.6 Å². The van der Waals surface area contributed by atoms with E-state index in [4.69, 9.17) is 25.9 Å². The lowest BCUT2D eigenvalue weighted by Crippen LogP contribution is -2.14. The van der Waals surface area contributed by atoms with Gasteiger partial charge < -0.3 is 9.15 Å². The van der Waals surface area contributed by atoms with Crippen LogP contribution in [0.25, 0.3) is 11.0 Å². The molecule has 0 saturated carbocycles. The highest BCUT2D eigenvalue weighted by atomic mass is 35.5. The first kappa shape index (κ1) is 18.4. The van der Waals surface area contributed by atoms with Crippen LogP contribution in [0.4, 0.5) is 0 Å². The van der Waals surface area contributed by atoms with Gasteiger partial charge in [0.05, 0.1) is 17.7 Å². The van der Waals surface area contributed by atoms with Gasteiger partial charge in [-0.05, 0) is 24.3 Å². The summed E-state index contributed by atoms with van der Waals surface area (Å²) < 4.78 is 34.5. The van der Waals surface area contributed by atoms with Crippen LogP contribution in [0.2, 0.25) is 5.02 Å². The molecule has 0 unspecified atom stereocenters. The quantitative estimate of drug-likeness (QED) is 0.668. The Labute approximate surface area is 155 Å². The van der Waals surface area contributed by atoms with E-state index in [1.165, 1.54) is 25.3 Å². The fourth-order valence-electron chi connectivity index (χ4n) is 2.81. The van der Waals surface area contributed by atoms with Gasteiger partial charge in [0.25, 0.3) is 0 Å². The molecule has 1 heterocycles. The van der Waals surface area contributed by atoms with Crippen LogP contribution < -0.4 is 9.88 Å². The van der Waals surface area contributed by atoms with E-state index in [0.29, 0.717) is 34.5 Å². The predicted molar refractivity (Wildman–Crippen MR) is 98.4 cm³/mol. The van der Waals surface area contributed by atoms with Crippen LogP contribution in [0.5, 0.6) is 5.75 Å². The number of aryl methyl sites for hydroxylation is 1. The van der Waals surface area contributed by atoms with Gasteiger partial charge in [-0.15, -0.1) is 0 Å². The number of furan rings is 1. The van der Waals surface area contributed by atoms with Gasteiger partial charge >= 0.3 is 0 Å². The van der Waals surface area contributed by atoms with E-state index in [1.807, 2.05) is 6.92 Å². The van der Waals surface area contributed by atoms with Crippen molar-refractivity contribution in [3.63, 3.8) is 0 Å². The van der Waals surface area contributed by atoms with Crippen molar-refractivity contribution >= 4 is 38.4 Å². The molecule has 26 heavy (non-hydrogen) atoms. The Morgan fingerprint density at radius 3 is 2.62 bits per heavy atom. The van der Waals surface area contributed by atoms with Crippen LogP contribution in [0.15, 0.2) is 45.7 Å². The first-order valence-corrected chi connectivity index (χ1v) is 9.65. The smallest absolute Gasteiger partial charge is 0.239 e. The second kappa shape index (κ2) is 6.75. The molecule has 2 aromatic carbocycles. The highest BCUT2D eigenvalue weighted by Crippen LogP contribution is 2.35. The molecule has 0 aliphatic heterocycles. The van der Waals surface area contributed by atoms with Crippen molar-refractivity contribution in [2.24, 2.45) is 5.14 Å². The number of ketones is 1. The number of primary sulfonamides is 1. The summed E-state index contributed by atoms with van der Waals surface area (Å²) in [6.07, 6.45) is 0.481. The largest absolute Gasteiger partial charge is 0.493 e. The van der Waals surface area contributed by atoms with E-state index < -0.39 is 10.0 Å². The minimum atomic E-state index is -4.05. The number of fused-ring (bicyclic) bond motifs is 1. The van der Waals surface area contributed by atoms with Gasteiger partial charge in [0, 0.05) is 17.4 Å². The zero-order valence-corrected chi connectivity index (χ0v) is 15.6. The van der Waals surface area contributed by atoms with Crippen molar-refractivity contribution in [3.05, 3.63) is 58.3 Å². The molecule has 0 aliphatic carbocycles. The van der Waals surface area contributed by atoms with E-state index in [-0.39, 0.29) is 21.3 Å². The molecule has 136 valence electrons. The lowest BCUT2D eigenvalue weighted by Gasteiger charge is -2.06. The Balaban J connectivity index is 2.23. The number of hydrogen-bond donors (Lipinski definition) is 1. The SMILES string of the molecule is CCc1oc2c(OC)cccc2c1C(=O)c1ccc(Cl)c(S(N)(=O)=O)c1. The first-order chi connectivity index (χ1) is 12.3. The zero-order chi connectivity index (χ0) is 19.1. The predicted octanol–water partition coefficient (Wildman–Crippen LogP) is 3.54. The standard InChI is InChI=1S/C18H16ClNO5S/c1-3-13-16(11-5-4-6-14(24-2)18(11)25-13)17(21)10-7-8-12(19)15(9-10)26(20,22)23/h4-9H,3H2,1-2H3,(H2,20,22,23). The minimum Gasteiger partial charge on any atom is -0.493 e. The number of carbonyl (C=O) groups excluding carboxylic acids is 1. The van der Waals surface area contributed by atoms with Crippen molar-refractivity contribution in [1.29, 1.82) is 0 Å². The molecule has 8 heteroatoms.